The largest absolute Gasteiger partial charge is 0.382 e. The van der Waals surface area contributed by atoms with Gasteiger partial charge in [0.15, 0.2) is 5.82 Å². The molecule has 98 valence electrons. The van der Waals surface area contributed by atoms with Crippen LogP contribution in [0.3, 0.4) is 0 Å². The van der Waals surface area contributed by atoms with E-state index in [1.54, 1.807) is 7.11 Å². The number of nitrogens with zero attached hydrogens (tertiary/aromatic N) is 2. The van der Waals surface area contributed by atoms with E-state index in [1.165, 1.54) is 6.39 Å². The molecular formula is C10H19N3O4. The quantitative estimate of drug-likeness (QED) is 0.543. The van der Waals surface area contributed by atoms with Crippen molar-refractivity contribution in [3.63, 3.8) is 0 Å². The molecule has 0 aliphatic carbocycles. The molecule has 0 saturated carbocycles. The van der Waals surface area contributed by atoms with Gasteiger partial charge in [0.1, 0.15) is 0 Å². The predicted molar refractivity (Wildman–Crippen MR) is 59.5 cm³/mol. The molecule has 0 radical (unpaired) electrons. The zero-order valence-corrected chi connectivity index (χ0v) is 10.1. The summed E-state index contributed by atoms with van der Waals surface area (Å²) in [6.07, 6.45) is 1.31. The van der Waals surface area contributed by atoms with Gasteiger partial charge in [0.2, 0.25) is 6.39 Å². The van der Waals surface area contributed by atoms with Crippen LogP contribution in [0.15, 0.2) is 10.9 Å². The molecule has 0 atom stereocenters. The molecule has 0 aliphatic heterocycles. The fraction of sp³-hybridized carbons (Fsp3) is 0.800. The van der Waals surface area contributed by atoms with Crippen molar-refractivity contribution >= 4 is 0 Å². The van der Waals surface area contributed by atoms with Crippen molar-refractivity contribution < 1.29 is 18.7 Å². The number of rotatable bonds is 11. The van der Waals surface area contributed by atoms with Crippen LogP contribution in [-0.2, 0) is 20.8 Å². The Labute approximate surface area is 100 Å². The molecule has 7 heteroatoms. The van der Waals surface area contributed by atoms with E-state index in [0.717, 1.165) is 6.54 Å². The molecule has 0 saturated heterocycles. The van der Waals surface area contributed by atoms with E-state index >= 15 is 0 Å². The zero-order chi connectivity index (χ0) is 12.2. The van der Waals surface area contributed by atoms with Crippen LogP contribution in [0, 0.1) is 0 Å². The van der Waals surface area contributed by atoms with Gasteiger partial charge in [-0.15, -0.1) is 0 Å². The second kappa shape index (κ2) is 10.2. The van der Waals surface area contributed by atoms with Gasteiger partial charge in [0, 0.05) is 13.7 Å². The van der Waals surface area contributed by atoms with Crippen LogP contribution in [-0.4, -0.2) is 56.8 Å². The Morgan fingerprint density at radius 3 is 2.65 bits per heavy atom. The first-order chi connectivity index (χ1) is 8.43. The zero-order valence-electron chi connectivity index (χ0n) is 10.1. The van der Waals surface area contributed by atoms with E-state index in [-0.39, 0.29) is 0 Å². The van der Waals surface area contributed by atoms with E-state index in [1.807, 2.05) is 0 Å². The lowest BCUT2D eigenvalue weighted by Crippen LogP contribution is -2.21. The van der Waals surface area contributed by atoms with Crippen molar-refractivity contribution in [1.82, 2.24) is 15.5 Å². The third-order valence-corrected chi connectivity index (χ3v) is 1.92. The fourth-order valence-electron chi connectivity index (χ4n) is 1.08. The molecule has 1 aromatic heterocycles. The van der Waals surface area contributed by atoms with Crippen LogP contribution in [0.25, 0.3) is 0 Å². The molecule has 0 spiro atoms. The maximum atomic E-state index is 5.34. The van der Waals surface area contributed by atoms with Crippen LogP contribution in [0.2, 0.25) is 0 Å². The molecule has 0 amide bonds. The summed E-state index contributed by atoms with van der Waals surface area (Å²) in [5.74, 6) is 0.646. The topological polar surface area (TPSA) is 78.6 Å². The van der Waals surface area contributed by atoms with Gasteiger partial charge in [-0.25, -0.2) is 0 Å². The summed E-state index contributed by atoms with van der Waals surface area (Å²) in [6, 6.07) is 0. The van der Waals surface area contributed by atoms with Gasteiger partial charge in [0.25, 0.3) is 0 Å². The lowest BCUT2D eigenvalue weighted by molar-refractivity contribution is 0.0255. The van der Waals surface area contributed by atoms with Gasteiger partial charge in [-0.05, 0) is 0 Å². The van der Waals surface area contributed by atoms with Crippen LogP contribution < -0.4 is 5.32 Å². The van der Waals surface area contributed by atoms with E-state index in [2.05, 4.69) is 20.0 Å². The molecule has 0 aromatic carbocycles. The highest BCUT2D eigenvalue weighted by Crippen LogP contribution is 1.86. The molecule has 7 nitrogen and oxygen atoms in total. The summed E-state index contributed by atoms with van der Waals surface area (Å²) in [7, 11) is 1.65. The van der Waals surface area contributed by atoms with E-state index in [9.17, 15) is 0 Å². The Morgan fingerprint density at radius 1 is 1.18 bits per heavy atom. The standard InChI is InChI=1S/C10H19N3O4/c1-14-4-5-16-7-6-15-3-2-11-8-10-12-9-17-13-10/h9,11H,2-8H2,1H3. The minimum atomic E-state index is 0.587. The molecule has 1 aromatic rings. The Balaban J connectivity index is 1.76. The minimum absolute atomic E-state index is 0.587. The SMILES string of the molecule is COCCOCCOCCNCc1ncon1. The van der Waals surface area contributed by atoms with Crippen LogP contribution in [0.5, 0.6) is 0 Å². The van der Waals surface area contributed by atoms with Gasteiger partial charge in [0.05, 0.1) is 39.6 Å². The predicted octanol–water partition coefficient (Wildman–Crippen LogP) is -0.161. The molecular weight excluding hydrogens is 226 g/mol. The van der Waals surface area contributed by atoms with Gasteiger partial charge in [-0.3, -0.25) is 0 Å². The number of hydrogen-bond donors (Lipinski definition) is 1. The molecule has 0 fully saturated rings. The maximum Gasteiger partial charge on any atom is 0.213 e. The van der Waals surface area contributed by atoms with Crippen molar-refractivity contribution in [1.29, 1.82) is 0 Å². The lowest BCUT2D eigenvalue weighted by Gasteiger charge is -2.05. The average molecular weight is 245 g/mol. The van der Waals surface area contributed by atoms with Crippen LogP contribution in [0.1, 0.15) is 5.82 Å². The number of methoxy groups -OCH3 is 1. The van der Waals surface area contributed by atoms with Crippen molar-refractivity contribution in [2.75, 3.05) is 46.7 Å². The highest BCUT2D eigenvalue weighted by Gasteiger charge is 1.96. The van der Waals surface area contributed by atoms with E-state index in [4.69, 9.17) is 14.2 Å². The highest BCUT2D eigenvalue weighted by molar-refractivity contribution is 4.75. The second-order valence-electron chi connectivity index (χ2n) is 3.24. The van der Waals surface area contributed by atoms with Crippen molar-refractivity contribution in [2.45, 2.75) is 6.54 Å². The molecule has 1 rings (SSSR count). The number of nitrogens with one attached hydrogen (secondary N) is 1. The normalized spacial score (nSPS) is 10.9. The minimum Gasteiger partial charge on any atom is -0.382 e. The highest BCUT2D eigenvalue weighted by atomic mass is 16.5. The first-order valence-corrected chi connectivity index (χ1v) is 5.54. The summed E-state index contributed by atoms with van der Waals surface area (Å²) in [4.78, 5) is 3.88. The molecule has 0 aliphatic rings. The maximum absolute atomic E-state index is 5.34. The Morgan fingerprint density at radius 2 is 1.94 bits per heavy atom. The Hall–Kier alpha value is -1.02. The summed E-state index contributed by atoms with van der Waals surface area (Å²) < 4.78 is 20.0. The van der Waals surface area contributed by atoms with Gasteiger partial charge in [-0.2, -0.15) is 4.98 Å². The monoisotopic (exact) mass is 245 g/mol. The van der Waals surface area contributed by atoms with E-state index in [0.29, 0.717) is 45.4 Å². The molecule has 0 bridgehead atoms. The lowest BCUT2D eigenvalue weighted by atomic mass is 10.5. The summed E-state index contributed by atoms with van der Waals surface area (Å²) in [5.41, 5.74) is 0. The molecule has 1 heterocycles. The third kappa shape index (κ3) is 7.81. The average Bonchev–Trinajstić information content (AvgIpc) is 2.85. The summed E-state index contributed by atoms with van der Waals surface area (Å²) >= 11 is 0. The Bertz CT molecular complexity index is 256. The molecule has 17 heavy (non-hydrogen) atoms. The number of ether oxygens (including phenoxy) is 3. The molecule has 0 unspecified atom stereocenters. The summed E-state index contributed by atoms with van der Waals surface area (Å²) in [5, 5.41) is 6.80. The first kappa shape index (κ1) is 14.0. The van der Waals surface area contributed by atoms with Gasteiger partial charge < -0.3 is 24.1 Å². The molecule has 1 N–H and O–H groups in total. The Kier molecular flexibility index (Phi) is 8.39. The number of hydrogen-bond acceptors (Lipinski definition) is 7. The van der Waals surface area contributed by atoms with Crippen molar-refractivity contribution in [2.24, 2.45) is 0 Å². The third-order valence-electron chi connectivity index (χ3n) is 1.92. The van der Waals surface area contributed by atoms with Crippen LogP contribution >= 0.6 is 0 Å². The number of aromatic nitrogens is 2. The summed E-state index contributed by atoms with van der Waals surface area (Å²) in [6.45, 7) is 4.37. The fourth-order valence-corrected chi connectivity index (χ4v) is 1.08. The second-order valence-corrected chi connectivity index (χ2v) is 3.24. The van der Waals surface area contributed by atoms with Gasteiger partial charge in [-0.1, -0.05) is 5.16 Å². The van der Waals surface area contributed by atoms with Gasteiger partial charge >= 0.3 is 0 Å². The van der Waals surface area contributed by atoms with Crippen molar-refractivity contribution in [3.05, 3.63) is 12.2 Å². The van der Waals surface area contributed by atoms with E-state index < -0.39 is 0 Å². The first-order valence-electron chi connectivity index (χ1n) is 5.54. The van der Waals surface area contributed by atoms with Crippen LogP contribution in [0.4, 0.5) is 0 Å². The van der Waals surface area contributed by atoms with Crippen molar-refractivity contribution in [3.8, 4) is 0 Å². The smallest absolute Gasteiger partial charge is 0.213 e.